The highest BCUT2D eigenvalue weighted by Gasteiger charge is 2.13. The van der Waals surface area contributed by atoms with Crippen LogP contribution in [0.25, 0.3) is 28.6 Å². The number of hydrogen-bond acceptors (Lipinski definition) is 6. The quantitative estimate of drug-likeness (QED) is 0.539. The zero-order valence-electron chi connectivity index (χ0n) is 12.0. The number of aromatic nitrogens is 6. The molecule has 9 heteroatoms. The van der Waals surface area contributed by atoms with Crippen molar-refractivity contribution in [2.24, 2.45) is 0 Å². The first kappa shape index (κ1) is 15.2. The Bertz CT molecular complexity index is 1040. The molecule has 0 fully saturated rings. The van der Waals surface area contributed by atoms with Gasteiger partial charge in [0.05, 0.1) is 6.20 Å². The predicted octanol–water partition coefficient (Wildman–Crippen LogP) is 4.12. The van der Waals surface area contributed by atoms with Gasteiger partial charge in [-0.2, -0.15) is 9.61 Å². The topological polar surface area (TPSA) is 68.9 Å². The van der Waals surface area contributed by atoms with Crippen molar-refractivity contribution < 1.29 is 0 Å². The monoisotopic (exact) mass is 374 g/mol. The maximum absolute atomic E-state index is 6.16. The van der Waals surface area contributed by atoms with Gasteiger partial charge in [-0.15, -0.1) is 10.2 Å². The van der Waals surface area contributed by atoms with Crippen LogP contribution >= 0.6 is 34.5 Å². The largest absolute Gasteiger partial charge is 0.261 e. The van der Waals surface area contributed by atoms with Crippen molar-refractivity contribution in [3.05, 3.63) is 57.4 Å². The molecule has 0 N–H and O–H groups in total. The van der Waals surface area contributed by atoms with E-state index in [0.717, 1.165) is 10.6 Å². The minimum atomic E-state index is 0.554. The summed E-state index contributed by atoms with van der Waals surface area (Å²) in [6.45, 7) is 0. The van der Waals surface area contributed by atoms with Crippen molar-refractivity contribution in [1.29, 1.82) is 0 Å². The second-order valence-electron chi connectivity index (χ2n) is 4.75. The highest BCUT2D eigenvalue weighted by atomic mass is 35.5. The number of fused-ring (bicyclic) bond motifs is 1. The van der Waals surface area contributed by atoms with Crippen molar-refractivity contribution in [2.75, 3.05) is 0 Å². The van der Waals surface area contributed by atoms with Crippen LogP contribution in [0.15, 0.2) is 36.8 Å². The van der Waals surface area contributed by atoms with E-state index in [-0.39, 0.29) is 0 Å². The van der Waals surface area contributed by atoms with E-state index in [9.17, 15) is 0 Å². The van der Waals surface area contributed by atoms with Crippen LogP contribution in [0.5, 0.6) is 0 Å². The molecule has 24 heavy (non-hydrogen) atoms. The van der Waals surface area contributed by atoms with Crippen LogP contribution in [0.1, 0.15) is 10.6 Å². The lowest BCUT2D eigenvalue weighted by molar-refractivity contribution is 0.948. The van der Waals surface area contributed by atoms with Gasteiger partial charge < -0.3 is 0 Å². The van der Waals surface area contributed by atoms with Crippen molar-refractivity contribution in [3.8, 4) is 11.5 Å². The summed E-state index contributed by atoms with van der Waals surface area (Å²) < 4.78 is 1.65. The summed E-state index contributed by atoms with van der Waals surface area (Å²) in [6, 6.07) is 5.35. The summed E-state index contributed by atoms with van der Waals surface area (Å²) in [5.74, 6) is 0.554. The van der Waals surface area contributed by atoms with Crippen molar-refractivity contribution in [1.82, 2.24) is 29.8 Å². The fraction of sp³-hybridized carbons (Fsp3) is 0. The zero-order chi connectivity index (χ0) is 16.5. The fourth-order valence-electron chi connectivity index (χ4n) is 2.07. The summed E-state index contributed by atoms with van der Waals surface area (Å²) in [5, 5.41) is 14.7. The van der Waals surface area contributed by atoms with Gasteiger partial charge in [0, 0.05) is 22.4 Å². The second-order valence-corrected chi connectivity index (χ2v) is 6.58. The van der Waals surface area contributed by atoms with Crippen molar-refractivity contribution in [3.63, 3.8) is 0 Å². The molecule has 0 aliphatic rings. The molecule has 0 atom stereocenters. The average molecular weight is 375 g/mol. The highest BCUT2D eigenvalue weighted by molar-refractivity contribution is 7.17. The molecular formula is C15H8Cl2N6S. The Kier molecular flexibility index (Phi) is 3.97. The van der Waals surface area contributed by atoms with Crippen LogP contribution in [-0.4, -0.2) is 29.8 Å². The Hall–Kier alpha value is -2.35. The van der Waals surface area contributed by atoms with Crippen LogP contribution in [0.2, 0.25) is 10.0 Å². The van der Waals surface area contributed by atoms with Gasteiger partial charge in [-0.1, -0.05) is 46.7 Å². The number of nitrogens with zero attached hydrogens (tertiary/aromatic N) is 6. The molecule has 0 radical (unpaired) electrons. The number of rotatable bonds is 3. The standard InChI is InChI=1S/C15H8Cl2N6S/c16-10-3-1-9(11(17)7-10)2-4-13-22-23-14(20-21-15(23)24-13)12-8-18-5-6-19-12/h1-8H. The van der Waals surface area contributed by atoms with E-state index in [4.69, 9.17) is 23.2 Å². The molecule has 4 rings (SSSR count). The molecule has 0 saturated heterocycles. The van der Waals surface area contributed by atoms with Crippen molar-refractivity contribution >= 4 is 51.7 Å². The van der Waals surface area contributed by atoms with Crippen LogP contribution in [0, 0.1) is 0 Å². The Morgan fingerprint density at radius 2 is 2.00 bits per heavy atom. The summed E-state index contributed by atoms with van der Waals surface area (Å²) >= 11 is 13.5. The molecule has 118 valence electrons. The molecule has 3 aromatic heterocycles. The van der Waals surface area contributed by atoms with Crippen LogP contribution < -0.4 is 0 Å². The van der Waals surface area contributed by atoms with Gasteiger partial charge in [0.15, 0.2) is 0 Å². The van der Waals surface area contributed by atoms with E-state index >= 15 is 0 Å². The van der Waals surface area contributed by atoms with Gasteiger partial charge in [-0.25, -0.2) is 4.98 Å². The number of hydrogen-bond donors (Lipinski definition) is 0. The van der Waals surface area contributed by atoms with Crippen molar-refractivity contribution in [2.45, 2.75) is 0 Å². The number of benzene rings is 1. The lowest BCUT2D eigenvalue weighted by Crippen LogP contribution is -1.93. The Balaban J connectivity index is 1.69. The van der Waals surface area contributed by atoms with E-state index in [2.05, 4.69) is 25.3 Å². The van der Waals surface area contributed by atoms with Crippen LogP contribution in [0.3, 0.4) is 0 Å². The zero-order valence-corrected chi connectivity index (χ0v) is 14.3. The van der Waals surface area contributed by atoms with E-state index in [0.29, 0.717) is 26.5 Å². The molecular weight excluding hydrogens is 367 g/mol. The molecule has 0 aliphatic carbocycles. The normalized spacial score (nSPS) is 11.6. The van der Waals surface area contributed by atoms with E-state index in [1.165, 1.54) is 11.3 Å². The SMILES string of the molecule is Clc1ccc(C=Cc2nn3c(-c4cnccn4)nnc3s2)c(Cl)c1. The third-order valence-corrected chi connectivity index (χ3v) is 4.59. The van der Waals surface area contributed by atoms with Gasteiger partial charge in [0.25, 0.3) is 0 Å². The Morgan fingerprint density at radius 3 is 2.79 bits per heavy atom. The average Bonchev–Trinajstić information content (AvgIpc) is 3.15. The van der Waals surface area contributed by atoms with E-state index < -0.39 is 0 Å². The molecule has 3 heterocycles. The minimum Gasteiger partial charge on any atom is -0.261 e. The molecule has 4 aromatic rings. The lowest BCUT2D eigenvalue weighted by atomic mass is 10.2. The van der Waals surface area contributed by atoms with E-state index in [1.54, 1.807) is 35.2 Å². The first-order valence-corrected chi connectivity index (χ1v) is 8.40. The number of halogens is 2. The third-order valence-electron chi connectivity index (χ3n) is 3.17. The minimum absolute atomic E-state index is 0.554. The van der Waals surface area contributed by atoms with Gasteiger partial charge in [0.2, 0.25) is 10.8 Å². The molecule has 0 saturated carbocycles. The second kappa shape index (κ2) is 6.27. The Labute approximate surface area is 150 Å². The molecule has 0 bridgehead atoms. The highest BCUT2D eigenvalue weighted by Crippen LogP contribution is 2.24. The lowest BCUT2D eigenvalue weighted by Gasteiger charge is -1.97. The van der Waals surface area contributed by atoms with Gasteiger partial charge in [-0.05, 0) is 23.8 Å². The first-order chi connectivity index (χ1) is 11.7. The molecule has 6 nitrogen and oxygen atoms in total. The predicted molar refractivity (Wildman–Crippen MR) is 95.1 cm³/mol. The molecule has 0 spiro atoms. The van der Waals surface area contributed by atoms with Crippen LogP contribution in [0.4, 0.5) is 0 Å². The molecule has 0 unspecified atom stereocenters. The van der Waals surface area contributed by atoms with Gasteiger partial charge in [0.1, 0.15) is 10.7 Å². The smallest absolute Gasteiger partial charge is 0.235 e. The summed E-state index contributed by atoms with van der Waals surface area (Å²) in [7, 11) is 0. The third kappa shape index (κ3) is 2.89. The summed E-state index contributed by atoms with van der Waals surface area (Å²) in [4.78, 5) is 8.94. The summed E-state index contributed by atoms with van der Waals surface area (Å²) in [6.07, 6.45) is 8.58. The first-order valence-electron chi connectivity index (χ1n) is 6.82. The van der Waals surface area contributed by atoms with Gasteiger partial charge >= 0.3 is 0 Å². The van der Waals surface area contributed by atoms with Crippen LogP contribution in [-0.2, 0) is 0 Å². The van der Waals surface area contributed by atoms with Gasteiger partial charge in [-0.3, -0.25) is 4.98 Å². The molecule has 1 aromatic carbocycles. The maximum Gasteiger partial charge on any atom is 0.235 e. The van der Waals surface area contributed by atoms with E-state index in [1.807, 2.05) is 18.2 Å². The summed E-state index contributed by atoms with van der Waals surface area (Å²) in [5.41, 5.74) is 1.48. The molecule has 0 aliphatic heterocycles. The fourth-order valence-corrected chi connectivity index (χ4v) is 3.28. The Morgan fingerprint density at radius 1 is 1.08 bits per heavy atom. The molecule has 0 amide bonds. The maximum atomic E-state index is 6.16.